The summed E-state index contributed by atoms with van der Waals surface area (Å²) < 4.78 is 117. The van der Waals surface area contributed by atoms with Crippen molar-refractivity contribution in [2.75, 3.05) is 0 Å². The number of aromatic nitrogens is 2. The van der Waals surface area contributed by atoms with Gasteiger partial charge in [0.15, 0.2) is 8.07 Å². The summed E-state index contributed by atoms with van der Waals surface area (Å²) in [5.74, 6) is 0. The molecule has 3 heterocycles. The number of fused-ring (bicyclic) bond motifs is 10. The Bertz CT molecular complexity index is 4040. The molecule has 3 aromatic heterocycles. The van der Waals surface area contributed by atoms with Crippen molar-refractivity contribution < 1.29 is 16.4 Å². The van der Waals surface area contributed by atoms with Gasteiger partial charge < -0.3 is 9.13 Å². The molecule has 9 aromatic carbocycles. The zero-order valence-corrected chi connectivity index (χ0v) is 32.5. The third-order valence-corrected chi connectivity index (χ3v) is 17.2. The van der Waals surface area contributed by atoms with E-state index < -0.39 is 56.4 Å². The van der Waals surface area contributed by atoms with Gasteiger partial charge in [0.25, 0.3) is 0 Å². The Labute approximate surface area is 358 Å². The molecule has 4 heteroatoms. The lowest BCUT2D eigenvalue weighted by atomic mass is 10.1. The minimum Gasteiger partial charge on any atom is -0.309 e. The molecule has 0 aliphatic carbocycles. The zero-order chi connectivity index (χ0) is 48.7. The molecule has 0 saturated heterocycles. The van der Waals surface area contributed by atoms with Crippen molar-refractivity contribution in [2.24, 2.45) is 0 Å². The van der Waals surface area contributed by atoms with Crippen LogP contribution in [0.15, 0.2) is 218 Å². The molecule has 0 fully saturated rings. The summed E-state index contributed by atoms with van der Waals surface area (Å²) in [5.41, 5.74) is 1.72. The van der Waals surface area contributed by atoms with E-state index in [1.54, 1.807) is 4.57 Å². The van der Waals surface area contributed by atoms with Crippen molar-refractivity contribution in [2.45, 2.75) is 0 Å². The molecule has 0 saturated carbocycles. The SMILES string of the molecule is [2H]c1c([2H])c(-n2c3ccccc3c3cc(-n4c5c([2H])c([2H])c([2H])c([2H])c5c5c([2H])c([2H])c([2H])c([2H])c54)c4sc5ccccc5c4c32)c([2H])c([Si](c2ccccc2)(c2ccccc2)c2ccccc2)c1[2H]. The Morgan fingerprint density at radius 2 is 0.983 bits per heavy atom. The van der Waals surface area contributed by atoms with E-state index in [1.807, 2.05) is 150 Å². The maximum absolute atomic E-state index is 10.6. The van der Waals surface area contributed by atoms with Crippen molar-refractivity contribution in [1.82, 2.24) is 9.13 Å². The van der Waals surface area contributed by atoms with E-state index in [2.05, 4.69) is 0 Å². The van der Waals surface area contributed by atoms with Gasteiger partial charge >= 0.3 is 0 Å². The van der Waals surface area contributed by atoms with Crippen molar-refractivity contribution >= 4 is 104 Å². The van der Waals surface area contributed by atoms with Crippen LogP contribution < -0.4 is 20.7 Å². The first-order chi connectivity index (χ1) is 33.8. The zero-order valence-electron chi connectivity index (χ0n) is 42.7. The predicted octanol–water partition coefficient (Wildman–Crippen LogP) is 11.6. The molecular weight excluding hydrogens is 737 g/mol. The molecule has 2 nitrogen and oxygen atoms in total. The summed E-state index contributed by atoms with van der Waals surface area (Å²) in [6.07, 6.45) is 0. The van der Waals surface area contributed by atoms with Crippen LogP contribution in [-0.4, -0.2) is 17.2 Å². The maximum Gasteiger partial charge on any atom is 0.179 e. The average molecular weight is 785 g/mol. The van der Waals surface area contributed by atoms with Crippen LogP contribution in [0.1, 0.15) is 16.4 Å². The van der Waals surface area contributed by atoms with E-state index in [0.717, 1.165) is 25.6 Å². The molecule has 12 rings (SSSR count). The summed E-state index contributed by atoms with van der Waals surface area (Å²) >= 11 is 1.41. The smallest absolute Gasteiger partial charge is 0.179 e. The average Bonchev–Trinajstić information content (AvgIpc) is 4.06. The number of thiophene rings is 1. The molecule has 0 spiro atoms. The summed E-state index contributed by atoms with van der Waals surface area (Å²) in [6, 6.07) is 42.2. The molecule has 0 bridgehead atoms. The summed E-state index contributed by atoms with van der Waals surface area (Å²) in [6.45, 7) is 0. The van der Waals surface area contributed by atoms with Crippen LogP contribution in [0.3, 0.4) is 0 Å². The maximum atomic E-state index is 10.6. The second-order valence-electron chi connectivity index (χ2n) is 14.3. The molecule has 272 valence electrons. The van der Waals surface area contributed by atoms with E-state index in [0.29, 0.717) is 42.8 Å². The minimum atomic E-state index is -3.66. The Morgan fingerprint density at radius 3 is 1.62 bits per heavy atom. The number of rotatable bonds is 6. The fourth-order valence-electron chi connectivity index (χ4n) is 9.01. The summed E-state index contributed by atoms with van der Waals surface area (Å²) in [4.78, 5) is 0. The van der Waals surface area contributed by atoms with Crippen molar-refractivity contribution in [3.05, 3.63) is 218 Å². The number of hydrogen-bond donors (Lipinski definition) is 0. The van der Waals surface area contributed by atoms with E-state index in [-0.39, 0.29) is 51.7 Å². The second-order valence-corrected chi connectivity index (χ2v) is 19.1. The highest BCUT2D eigenvalue weighted by atomic mass is 32.1. The number of para-hydroxylation sites is 3. The van der Waals surface area contributed by atoms with Gasteiger partial charge in [0.1, 0.15) is 0 Å². The van der Waals surface area contributed by atoms with Gasteiger partial charge in [-0.05, 0) is 63.1 Å². The lowest BCUT2D eigenvalue weighted by molar-refractivity contribution is 1.18. The molecule has 0 amide bonds. The molecule has 0 radical (unpaired) electrons. The van der Waals surface area contributed by atoms with Crippen LogP contribution in [0.4, 0.5) is 0 Å². The Balaban J connectivity index is 1.31. The molecule has 0 unspecified atom stereocenters. The third-order valence-electron chi connectivity index (χ3n) is 11.4. The van der Waals surface area contributed by atoms with Crippen LogP contribution in [0, 0.1) is 0 Å². The van der Waals surface area contributed by atoms with Gasteiger partial charge in [-0.25, -0.2) is 0 Å². The number of hydrogen-bond acceptors (Lipinski definition) is 1. The van der Waals surface area contributed by atoms with Gasteiger partial charge in [-0.2, -0.15) is 0 Å². The van der Waals surface area contributed by atoms with E-state index in [9.17, 15) is 8.22 Å². The van der Waals surface area contributed by atoms with Gasteiger partial charge in [0.05, 0.1) is 48.9 Å². The summed E-state index contributed by atoms with van der Waals surface area (Å²) in [5, 5.41) is 5.78. The fourth-order valence-corrected chi connectivity index (χ4v) is 14.7. The van der Waals surface area contributed by atoms with Gasteiger partial charge in [-0.1, -0.05) is 176 Å². The highest BCUT2D eigenvalue weighted by Gasteiger charge is 2.41. The van der Waals surface area contributed by atoms with Crippen LogP contribution in [0.2, 0.25) is 0 Å². The molecule has 0 aliphatic rings. The molecular formula is C54H36N2SSi. The van der Waals surface area contributed by atoms with Crippen LogP contribution in [0.25, 0.3) is 75.2 Å². The van der Waals surface area contributed by atoms with Crippen LogP contribution in [-0.2, 0) is 0 Å². The van der Waals surface area contributed by atoms with Crippen molar-refractivity contribution in [3.63, 3.8) is 0 Å². The topological polar surface area (TPSA) is 9.86 Å². The first kappa shape index (κ1) is 23.3. The first-order valence-corrected chi connectivity index (χ1v) is 21.8. The largest absolute Gasteiger partial charge is 0.309 e. The fraction of sp³-hybridized carbons (Fsp3) is 0. The monoisotopic (exact) mass is 784 g/mol. The predicted molar refractivity (Wildman–Crippen MR) is 252 cm³/mol. The number of benzene rings is 9. The molecule has 0 atom stereocenters. The van der Waals surface area contributed by atoms with Gasteiger partial charge in [0.2, 0.25) is 0 Å². The highest BCUT2D eigenvalue weighted by Crippen LogP contribution is 2.47. The first-order valence-electron chi connectivity index (χ1n) is 25.0. The second kappa shape index (κ2) is 13.0. The van der Waals surface area contributed by atoms with Crippen molar-refractivity contribution in [3.8, 4) is 11.4 Å². The quantitative estimate of drug-likeness (QED) is 0.117. The normalized spacial score (nSPS) is 15.0. The van der Waals surface area contributed by atoms with Gasteiger partial charge in [0, 0.05) is 42.7 Å². The Morgan fingerprint density at radius 1 is 0.431 bits per heavy atom. The Kier molecular flexibility index (Phi) is 5.24. The summed E-state index contributed by atoms with van der Waals surface area (Å²) in [7, 11) is -3.66. The Hall–Kier alpha value is -6.98. The van der Waals surface area contributed by atoms with Crippen molar-refractivity contribution in [1.29, 1.82) is 0 Å². The molecule has 0 N–H and O–H groups in total. The standard InChI is InChI=1S/C54H36N2SSi/c1-4-20-38(21-5-1)58(39-22-6-2-7-23-39,40-24-8-3-9-25-40)41-26-18-19-37(35-41)55-47-31-14-12-29-44(47)46-36-50(54-52(53(46)55)45-30-13-17-34-51(45)57-54)56-48-32-15-10-27-42(48)43-28-11-16-33-49(43)56/h1-36H/i10D,11D,15D,16D,18D,19D,26D,27D,28D,32D,33D,35D. The van der Waals surface area contributed by atoms with E-state index in [4.69, 9.17) is 8.22 Å². The third kappa shape index (κ3) is 4.70. The highest BCUT2D eigenvalue weighted by molar-refractivity contribution is 7.26. The number of nitrogens with zero attached hydrogens (tertiary/aromatic N) is 2. The van der Waals surface area contributed by atoms with Crippen LogP contribution in [0.5, 0.6) is 0 Å². The van der Waals surface area contributed by atoms with Gasteiger partial charge in [-0.15, -0.1) is 11.3 Å². The van der Waals surface area contributed by atoms with Crippen LogP contribution >= 0.6 is 11.3 Å². The van der Waals surface area contributed by atoms with E-state index in [1.165, 1.54) is 11.3 Å². The molecule has 0 aliphatic heterocycles. The molecule has 58 heavy (non-hydrogen) atoms. The van der Waals surface area contributed by atoms with E-state index >= 15 is 0 Å². The lowest BCUT2D eigenvalue weighted by Gasteiger charge is -2.34. The van der Waals surface area contributed by atoms with Gasteiger partial charge in [-0.3, -0.25) is 0 Å². The lowest BCUT2D eigenvalue weighted by Crippen LogP contribution is -2.74. The molecule has 12 aromatic rings. The minimum absolute atomic E-state index is 0.00436.